The van der Waals surface area contributed by atoms with Crippen LogP contribution in [0.1, 0.15) is 33.0 Å². The lowest BCUT2D eigenvalue weighted by molar-refractivity contribution is -0.168. The number of carboxylic acid groups (broad SMARTS) is 1. The second-order valence-electron chi connectivity index (χ2n) is 4.50. The molecule has 0 amide bonds. The number of ether oxygens (including phenoxy) is 1. The Bertz CT molecular complexity index is 329. The number of carboxylic acids is 1. The normalized spacial score (nSPS) is 15.0. The molecule has 0 spiro atoms. The first-order valence-electron chi connectivity index (χ1n) is 5.34. The quantitative estimate of drug-likeness (QED) is 0.810. The Morgan fingerprint density at radius 2 is 2.31 bits per heavy atom. The van der Waals surface area contributed by atoms with Crippen LogP contribution in [0, 0.1) is 5.92 Å². The van der Waals surface area contributed by atoms with Crippen molar-refractivity contribution in [2.45, 2.75) is 39.4 Å². The number of hydrogen-bond acceptors (Lipinski definition) is 3. The van der Waals surface area contributed by atoms with Crippen LogP contribution in [-0.4, -0.2) is 16.7 Å². The van der Waals surface area contributed by atoms with Crippen LogP contribution in [0.25, 0.3) is 0 Å². The summed E-state index contributed by atoms with van der Waals surface area (Å²) in [7, 11) is 0. The van der Waals surface area contributed by atoms with Gasteiger partial charge in [-0.05, 0) is 31.4 Å². The first kappa shape index (κ1) is 12.8. The molecular weight excluding hydrogens is 208 g/mol. The van der Waals surface area contributed by atoms with E-state index < -0.39 is 11.6 Å². The lowest BCUT2D eigenvalue weighted by Gasteiger charge is -2.26. The molecule has 1 aromatic rings. The van der Waals surface area contributed by atoms with Gasteiger partial charge in [0.25, 0.3) is 0 Å². The van der Waals surface area contributed by atoms with Gasteiger partial charge < -0.3 is 14.3 Å². The number of carbonyl (C=O) groups is 1. The zero-order valence-corrected chi connectivity index (χ0v) is 9.90. The summed E-state index contributed by atoms with van der Waals surface area (Å²) in [5.41, 5.74) is -1.15. The zero-order chi connectivity index (χ0) is 12.2. The Balaban J connectivity index is 2.61. The van der Waals surface area contributed by atoms with Crippen molar-refractivity contribution >= 4 is 5.97 Å². The predicted molar refractivity (Wildman–Crippen MR) is 59.0 cm³/mol. The van der Waals surface area contributed by atoms with Crippen LogP contribution in [0.15, 0.2) is 22.8 Å². The molecule has 1 atom stereocenters. The predicted octanol–water partition coefficient (Wildman–Crippen LogP) is 2.69. The molecule has 1 unspecified atom stereocenters. The average molecular weight is 226 g/mol. The lowest BCUT2D eigenvalue weighted by Crippen LogP contribution is -2.39. The molecule has 1 rings (SSSR count). The number of furan rings is 1. The Morgan fingerprint density at radius 3 is 2.75 bits per heavy atom. The molecule has 4 nitrogen and oxygen atoms in total. The molecule has 1 aromatic heterocycles. The average Bonchev–Trinajstić information content (AvgIpc) is 2.65. The van der Waals surface area contributed by atoms with Gasteiger partial charge in [0.1, 0.15) is 12.4 Å². The van der Waals surface area contributed by atoms with Gasteiger partial charge in [-0.1, -0.05) is 13.8 Å². The molecule has 90 valence electrons. The number of rotatable bonds is 6. The van der Waals surface area contributed by atoms with Crippen molar-refractivity contribution in [3.05, 3.63) is 24.2 Å². The van der Waals surface area contributed by atoms with Crippen molar-refractivity contribution < 1.29 is 19.1 Å². The van der Waals surface area contributed by atoms with Gasteiger partial charge in [-0.25, -0.2) is 4.79 Å². The molecule has 4 heteroatoms. The molecule has 0 aliphatic rings. The van der Waals surface area contributed by atoms with Crippen LogP contribution in [0.3, 0.4) is 0 Å². The lowest BCUT2D eigenvalue weighted by atomic mass is 9.94. The van der Waals surface area contributed by atoms with Crippen LogP contribution in [-0.2, 0) is 16.1 Å². The minimum Gasteiger partial charge on any atom is -0.479 e. The standard InChI is InChI=1S/C12H18O4/c1-9(2)7-12(3,11(13)14)16-8-10-5-4-6-15-10/h4-6,9H,7-8H2,1-3H3,(H,13,14). The molecule has 1 N–H and O–H groups in total. The highest BCUT2D eigenvalue weighted by Gasteiger charge is 2.35. The summed E-state index contributed by atoms with van der Waals surface area (Å²) >= 11 is 0. The third-order valence-electron chi connectivity index (χ3n) is 2.36. The van der Waals surface area contributed by atoms with Crippen LogP contribution in [0.5, 0.6) is 0 Å². The van der Waals surface area contributed by atoms with Crippen LogP contribution < -0.4 is 0 Å². The maximum Gasteiger partial charge on any atom is 0.335 e. The van der Waals surface area contributed by atoms with Gasteiger partial charge in [0, 0.05) is 0 Å². The third kappa shape index (κ3) is 3.38. The SMILES string of the molecule is CC(C)CC(C)(OCc1ccco1)C(=O)O. The van der Waals surface area contributed by atoms with E-state index in [0.717, 1.165) is 0 Å². The van der Waals surface area contributed by atoms with E-state index in [4.69, 9.17) is 14.3 Å². The third-order valence-corrected chi connectivity index (χ3v) is 2.36. The van der Waals surface area contributed by atoms with Crippen molar-refractivity contribution in [3.63, 3.8) is 0 Å². The van der Waals surface area contributed by atoms with E-state index in [-0.39, 0.29) is 12.5 Å². The van der Waals surface area contributed by atoms with Gasteiger partial charge in [0.05, 0.1) is 6.26 Å². The second-order valence-corrected chi connectivity index (χ2v) is 4.50. The van der Waals surface area contributed by atoms with Crippen molar-refractivity contribution in [2.24, 2.45) is 5.92 Å². The fourth-order valence-electron chi connectivity index (χ4n) is 1.61. The number of hydrogen-bond donors (Lipinski definition) is 1. The van der Waals surface area contributed by atoms with E-state index in [2.05, 4.69) is 0 Å². The minimum absolute atomic E-state index is 0.183. The van der Waals surface area contributed by atoms with Crippen LogP contribution in [0.2, 0.25) is 0 Å². The summed E-state index contributed by atoms with van der Waals surface area (Å²) < 4.78 is 10.5. The minimum atomic E-state index is -1.15. The number of aliphatic carboxylic acids is 1. The maximum absolute atomic E-state index is 11.2. The van der Waals surface area contributed by atoms with Gasteiger partial charge in [-0.15, -0.1) is 0 Å². The second kappa shape index (κ2) is 5.16. The monoisotopic (exact) mass is 226 g/mol. The first-order valence-corrected chi connectivity index (χ1v) is 5.34. The fourth-order valence-corrected chi connectivity index (χ4v) is 1.61. The zero-order valence-electron chi connectivity index (χ0n) is 9.90. The largest absolute Gasteiger partial charge is 0.479 e. The van der Waals surface area contributed by atoms with Gasteiger partial charge in [0.15, 0.2) is 5.60 Å². The molecule has 0 aromatic carbocycles. The maximum atomic E-state index is 11.2. The highest BCUT2D eigenvalue weighted by Crippen LogP contribution is 2.23. The fraction of sp³-hybridized carbons (Fsp3) is 0.583. The molecule has 1 heterocycles. The van der Waals surface area contributed by atoms with Crippen molar-refractivity contribution in [2.75, 3.05) is 0 Å². The molecule has 0 radical (unpaired) electrons. The Kier molecular flexibility index (Phi) is 4.12. The van der Waals surface area contributed by atoms with Gasteiger partial charge in [0.2, 0.25) is 0 Å². The van der Waals surface area contributed by atoms with Crippen molar-refractivity contribution in [1.29, 1.82) is 0 Å². The highest BCUT2D eigenvalue weighted by molar-refractivity contribution is 5.76. The Morgan fingerprint density at radius 1 is 1.62 bits per heavy atom. The van der Waals surface area contributed by atoms with Crippen molar-refractivity contribution in [3.8, 4) is 0 Å². The Labute approximate surface area is 95.2 Å². The van der Waals surface area contributed by atoms with E-state index in [1.165, 1.54) is 0 Å². The summed E-state index contributed by atoms with van der Waals surface area (Å²) in [5, 5.41) is 9.15. The van der Waals surface area contributed by atoms with Gasteiger partial charge in [-0.3, -0.25) is 0 Å². The molecule has 16 heavy (non-hydrogen) atoms. The summed E-state index contributed by atoms with van der Waals surface area (Å²) in [6.07, 6.45) is 2.02. The molecule has 0 fully saturated rings. The van der Waals surface area contributed by atoms with E-state index in [1.807, 2.05) is 13.8 Å². The molecule has 0 saturated carbocycles. The Hall–Kier alpha value is -1.29. The first-order chi connectivity index (χ1) is 7.44. The molecular formula is C12H18O4. The van der Waals surface area contributed by atoms with E-state index in [0.29, 0.717) is 12.2 Å². The van der Waals surface area contributed by atoms with E-state index in [1.54, 1.807) is 25.3 Å². The van der Waals surface area contributed by atoms with Gasteiger partial charge in [-0.2, -0.15) is 0 Å². The molecule has 0 aliphatic heterocycles. The topological polar surface area (TPSA) is 59.7 Å². The summed E-state index contributed by atoms with van der Waals surface area (Å²) in [5.74, 6) is -0.0401. The highest BCUT2D eigenvalue weighted by atomic mass is 16.5. The van der Waals surface area contributed by atoms with Crippen molar-refractivity contribution in [1.82, 2.24) is 0 Å². The molecule has 0 saturated heterocycles. The van der Waals surface area contributed by atoms with E-state index in [9.17, 15) is 4.79 Å². The van der Waals surface area contributed by atoms with E-state index >= 15 is 0 Å². The van der Waals surface area contributed by atoms with Crippen LogP contribution in [0.4, 0.5) is 0 Å². The molecule has 0 aliphatic carbocycles. The molecule has 0 bridgehead atoms. The van der Waals surface area contributed by atoms with Crippen LogP contribution >= 0.6 is 0 Å². The summed E-state index contributed by atoms with van der Waals surface area (Å²) in [6.45, 7) is 5.72. The smallest absolute Gasteiger partial charge is 0.335 e. The summed E-state index contributed by atoms with van der Waals surface area (Å²) in [6, 6.07) is 3.51. The van der Waals surface area contributed by atoms with Gasteiger partial charge >= 0.3 is 5.97 Å². The summed E-state index contributed by atoms with van der Waals surface area (Å²) in [4.78, 5) is 11.2.